The second kappa shape index (κ2) is 9.28. The van der Waals surface area contributed by atoms with Gasteiger partial charge in [0, 0.05) is 11.6 Å². The van der Waals surface area contributed by atoms with Gasteiger partial charge in [0.1, 0.15) is 41.3 Å². The van der Waals surface area contributed by atoms with Crippen molar-refractivity contribution < 1.29 is 23.4 Å². The van der Waals surface area contributed by atoms with E-state index in [-0.39, 0.29) is 23.0 Å². The van der Waals surface area contributed by atoms with Crippen molar-refractivity contribution in [1.82, 2.24) is 0 Å². The van der Waals surface area contributed by atoms with Crippen molar-refractivity contribution in [1.29, 1.82) is 5.26 Å². The maximum Gasteiger partial charge on any atom is 0.343 e. The molecule has 7 heteroatoms. The van der Waals surface area contributed by atoms with Gasteiger partial charge in [-0.15, -0.1) is 0 Å². The zero-order valence-electron chi connectivity index (χ0n) is 17.5. The van der Waals surface area contributed by atoms with Crippen molar-refractivity contribution in [3.8, 4) is 23.3 Å². The van der Waals surface area contributed by atoms with Gasteiger partial charge >= 0.3 is 5.97 Å². The largest absolute Gasteiger partial charge is 0.490 e. The average Bonchev–Trinajstić information content (AvgIpc) is 2.82. The van der Waals surface area contributed by atoms with E-state index in [0.29, 0.717) is 34.8 Å². The molecule has 1 heterocycles. The lowest BCUT2D eigenvalue weighted by Crippen LogP contribution is -2.21. The van der Waals surface area contributed by atoms with Crippen LogP contribution in [0.4, 0.5) is 4.39 Å². The third-order valence-electron chi connectivity index (χ3n) is 5.06. The van der Waals surface area contributed by atoms with Crippen LogP contribution in [0.25, 0.3) is 0 Å². The van der Waals surface area contributed by atoms with Gasteiger partial charge < -0.3 is 19.9 Å². The third-order valence-corrected chi connectivity index (χ3v) is 5.06. The molecular formula is C26H19FN2O4. The van der Waals surface area contributed by atoms with Crippen LogP contribution in [-0.4, -0.2) is 12.6 Å². The van der Waals surface area contributed by atoms with Crippen LogP contribution in [0.3, 0.4) is 0 Å². The standard InChI is InChI=1S/C26H19FN2O4/c1-2-13-31-19-9-5-17(6-10-19)26(30)32-20-11-12-21-23(14-20)33-25(29)22(15-28)24(21)16-3-7-18(27)8-4-16/h2-12,14,24H,1,13,29H2. The van der Waals surface area contributed by atoms with Crippen LogP contribution < -0.4 is 19.9 Å². The fourth-order valence-electron chi connectivity index (χ4n) is 3.51. The number of rotatable bonds is 6. The van der Waals surface area contributed by atoms with Gasteiger partial charge in [-0.25, -0.2) is 9.18 Å². The molecule has 0 saturated heterocycles. The first kappa shape index (κ1) is 21.7. The summed E-state index contributed by atoms with van der Waals surface area (Å²) in [7, 11) is 0. The van der Waals surface area contributed by atoms with Crippen LogP contribution in [0.15, 0.2) is 90.8 Å². The molecular weight excluding hydrogens is 423 g/mol. The Morgan fingerprint density at radius 3 is 2.48 bits per heavy atom. The minimum Gasteiger partial charge on any atom is -0.490 e. The van der Waals surface area contributed by atoms with Gasteiger partial charge in [-0.2, -0.15) is 5.26 Å². The van der Waals surface area contributed by atoms with Crippen LogP contribution in [0.2, 0.25) is 0 Å². The highest BCUT2D eigenvalue weighted by molar-refractivity contribution is 5.91. The number of carbonyl (C=O) groups excluding carboxylic acids is 1. The summed E-state index contributed by atoms with van der Waals surface area (Å²) in [5.41, 5.74) is 7.88. The zero-order valence-corrected chi connectivity index (χ0v) is 17.5. The molecule has 0 saturated carbocycles. The normalized spacial score (nSPS) is 14.5. The highest BCUT2D eigenvalue weighted by Crippen LogP contribution is 2.43. The van der Waals surface area contributed by atoms with Gasteiger partial charge in [0.05, 0.1) is 11.5 Å². The van der Waals surface area contributed by atoms with E-state index in [9.17, 15) is 14.4 Å². The number of halogens is 1. The van der Waals surface area contributed by atoms with Gasteiger partial charge in [-0.05, 0) is 48.0 Å². The summed E-state index contributed by atoms with van der Waals surface area (Å²) in [6, 6.07) is 19.3. The molecule has 2 N–H and O–H groups in total. The average molecular weight is 442 g/mol. The first-order chi connectivity index (χ1) is 16.0. The summed E-state index contributed by atoms with van der Waals surface area (Å²) < 4.78 is 29.9. The molecule has 0 spiro atoms. The van der Waals surface area contributed by atoms with E-state index in [1.54, 1.807) is 54.6 Å². The number of esters is 1. The number of ether oxygens (including phenoxy) is 3. The maximum atomic E-state index is 13.4. The summed E-state index contributed by atoms with van der Waals surface area (Å²) in [6.45, 7) is 3.95. The Labute approximate surface area is 189 Å². The molecule has 3 aromatic carbocycles. The second-order valence-corrected chi connectivity index (χ2v) is 7.19. The van der Waals surface area contributed by atoms with E-state index < -0.39 is 11.9 Å². The number of hydrogen-bond donors (Lipinski definition) is 1. The van der Waals surface area contributed by atoms with Crippen LogP contribution in [0.5, 0.6) is 17.2 Å². The van der Waals surface area contributed by atoms with Crippen LogP contribution in [-0.2, 0) is 0 Å². The van der Waals surface area contributed by atoms with Gasteiger partial charge in [-0.3, -0.25) is 0 Å². The number of nitrogens with zero attached hydrogens (tertiary/aromatic N) is 1. The van der Waals surface area contributed by atoms with E-state index in [0.717, 1.165) is 0 Å². The summed E-state index contributed by atoms with van der Waals surface area (Å²) in [5.74, 6) is -0.335. The molecule has 33 heavy (non-hydrogen) atoms. The molecule has 164 valence electrons. The fraction of sp³-hybridized carbons (Fsp3) is 0.0769. The molecule has 0 bridgehead atoms. The van der Waals surface area contributed by atoms with Crippen molar-refractivity contribution in [2.45, 2.75) is 5.92 Å². The quantitative estimate of drug-likeness (QED) is 0.334. The van der Waals surface area contributed by atoms with Crippen molar-refractivity contribution in [3.63, 3.8) is 0 Å². The van der Waals surface area contributed by atoms with Crippen LogP contribution in [0, 0.1) is 17.1 Å². The number of nitrogens with two attached hydrogens (primary N) is 1. The van der Waals surface area contributed by atoms with Crippen LogP contribution >= 0.6 is 0 Å². The highest BCUT2D eigenvalue weighted by Gasteiger charge is 2.31. The molecule has 4 rings (SSSR count). The van der Waals surface area contributed by atoms with E-state index in [1.165, 1.54) is 18.2 Å². The molecule has 1 atom stereocenters. The Morgan fingerprint density at radius 2 is 1.82 bits per heavy atom. The second-order valence-electron chi connectivity index (χ2n) is 7.19. The topological polar surface area (TPSA) is 94.6 Å². The van der Waals surface area contributed by atoms with E-state index in [4.69, 9.17) is 19.9 Å². The van der Waals surface area contributed by atoms with Crippen molar-refractivity contribution in [3.05, 3.63) is 113 Å². The Balaban J connectivity index is 1.59. The van der Waals surface area contributed by atoms with E-state index in [2.05, 4.69) is 12.6 Å². The molecule has 1 unspecified atom stereocenters. The van der Waals surface area contributed by atoms with Gasteiger partial charge in [-0.1, -0.05) is 30.9 Å². The van der Waals surface area contributed by atoms with Crippen LogP contribution in [0.1, 0.15) is 27.4 Å². The van der Waals surface area contributed by atoms with Gasteiger partial charge in [0.15, 0.2) is 0 Å². The monoisotopic (exact) mass is 442 g/mol. The predicted molar refractivity (Wildman–Crippen MR) is 119 cm³/mol. The molecule has 1 aliphatic heterocycles. The number of fused-ring (bicyclic) bond motifs is 1. The molecule has 0 fully saturated rings. The minimum atomic E-state index is -0.558. The van der Waals surface area contributed by atoms with Crippen molar-refractivity contribution >= 4 is 5.97 Å². The number of allylic oxidation sites excluding steroid dienone is 1. The number of carbonyl (C=O) groups is 1. The smallest absolute Gasteiger partial charge is 0.343 e. The Morgan fingerprint density at radius 1 is 1.12 bits per heavy atom. The van der Waals surface area contributed by atoms with E-state index in [1.807, 2.05) is 0 Å². The molecule has 1 aliphatic rings. The molecule has 0 aliphatic carbocycles. The highest BCUT2D eigenvalue weighted by atomic mass is 19.1. The Bertz CT molecular complexity index is 1280. The maximum absolute atomic E-state index is 13.4. The summed E-state index contributed by atoms with van der Waals surface area (Å²) in [4.78, 5) is 12.6. The first-order valence-electron chi connectivity index (χ1n) is 10.0. The lowest BCUT2D eigenvalue weighted by molar-refractivity contribution is 0.0734. The lowest BCUT2D eigenvalue weighted by Gasteiger charge is -2.26. The molecule has 6 nitrogen and oxygen atoms in total. The lowest BCUT2D eigenvalue weighted by atomic mass is 9.83. The molecule has 0 radical (unpaired) electrons. The molecule has 0 aromatic heterocycles. The van der Waals surface area contributed by atoms with Gasteiger partial charge in [0.2, 0.25) is 5.88 Å². The predicted octanol–water partition coefficient (Wildman–Crippen LogP) is 4.83. The number of benzene rings is 3. The summed E-state index contributed by atoms with van der Waals surface area (Å²) in [5, 5.41) is 9.62. The third kappa shape index (κ3) is 4.55. The molecule has 0 amide bonds. The number of nitriles is 1. The SMILES string of the molecule is C=CCOc1ccc(C(=O)Oc2ccc3c(c2)OC(N)=C(C#N)C3c2ccc(F)cc2)cc1. The van der Waals surface area contributed by atoms with Crippen molar-refractivity contribution in [2.24, 2.45) is 5.73 Å². The van der Waals surface area contributed by atoms with Crippen molar-refractivity contribution in [2.75, 3.05) is 6.61 Å². The Kier molecular flexibility index (Phi) is 6.09. The van der Waals surface area contributed by atoms with Gasteiger partial charge in [0.25, 0.3) is 0 Å². The zero-order chi connectivity index (χ0) is 23.4. The van der Waals surface area contributed by atoms with E-state index >= 15 is 0 Å². The first-order valence-corrected chi connectivity index (χ1v) is 10.0. The summed E-state index contributed by atoms with van der Waals surface area (Å²) >= 11 is 0. The summed E-state index contributed by atoms with van der Waals surface area (Å²) in [6.07, 6.45) is 1.63. The molecule has 3 aromatic rings. The fourth-order valence-corrected chi connectivity index (χ4v) is 3.51. The number of hydrogen-bond acceptors (Lipinski definition) is 6. The Hall–Kier alpha value is -4.57. The minimum absolute atomic E-state index is 0.0575.